The van der Waals surface area contributed by atoms with E-state index in [-0.39, 0.29) is 17.9 Å². The molecule has 1 rings (SSSR count). The Kier molecular flexibility index (Phi) is 3.98. The number of nitrogens with zero attached hydrogens (tertiary/aromatic N) is 4. The van der Waals surface area contributed by atoms with Crippen LogP contribution in [0.5, 0.6) is 0 Å². The highest BCUT2D eigenvalue weighted by atomic mass is 16.4. The van der Waals surface area contributed by atoms with Crippen molar-refractivity contribution >= 4 is 11.8 Å². The molecule has 0 aliphatic heterocycles. The van der Waals surface area contributed by atoms with Crippen LogP contribution in [-0.2, 0) is 4.79 Å². The van der Waals surface area contributed by atoms with Crippen molar-refractivity contribution in [3.63, 3.8) is 0 Å². The summed E-state index contributed by atoms with van der Waals surface area (Å²) in [7, 11) is 0. The molecular formula is C10H10N4O2. The number of carbonyl (C=O) groups is 1. The summed E-state index contributed by atoms with van der Waals surface area (Å²) in [6.07, 6.45) is 2.92. The van der Waals surface area contributed by atoms with Gasteiger partial charge in [-0.05, 0) is 6.07 Å². The minimum Gasteiger partial charge on any atom is -0.480 e. The Morgan fingerprint density at radius 2 is 2.50 bits per heavy atom. The molecule has 0 fully saturated rings. The van der Waals surface area contributed by atoms with Gasteiger partial charge >= 0.3 is 5.97 Å². The van der Waals surface area contributed by atoms with Crippen LogP contribution in [0.2, 0.25) is 0 Å². The van der Waals surface area contributed by atoms with Crippen molar-refractivity contribution in [2.24, 2.45) is 0 Å². The number of aromatic nitrogens is 2. The molecule has 1 aromatic rings. The van der Waals surface area contributed by atoms with Gasteiger partial charge in [-0.25, -0.2) is 0 Å². The van der Waals surface area contributed by atoms with Crippen LogP contribution in [-0.4, -0.2) is 34.4 Å². The van der Waals surface area contributed by atoms with Gasteiger partial charge < -0.3 is 10.0 Å². The highest BCUT2D eigenvalue weighted by molar-refractivity contribution is 5.74. The van der Waals surface area contributed by atoms with Gasteiger partial charge in [0.05, 0.1) is 11.8 Å². The fourth-order valence-electron chi connectivity index (χ4n) is 1.19. The molecule has 0 radical (unpaired) electrons. The minimum absolute atomic E-state index is 0.251. The van der Waals surface area contributed by atoms with Crippen LogP contribution in [0.3, 0.4) is 0 Å². The summed E-state index contributed by atoms with van der Waals surface area (Å²) in [6, 6.07) is 3.42. The number of carboxylic acid groups (broad SMARTS) is 1. The topological polar surface area (TPSA) is 90.1 Å². The second kappa shape index (κ2) is 5.46. The Morgan fingerprint density at radius 3 is 3.06 bits per heavy atom. The van der Waals surface area contributed by atoms with Crippen molar-refractivity contribution < 1.29 is 9.90 Å². The zero-order chi connectivity index (χ0) is 12.0. The van der Waals surface area contributed by atoms with E-state index in [1.54, 1.807) is 6.08 Å². The summed E-state index contributed by atoms with van der Waals surface area (Å²) in [5, 5.41) is 25.0. The SMILES string of the molecule is C=CCN(CC(=O)O)c1nnccc1C#N. The van der Waals surface area contributed by atoms with Gasteiger partial charge in [0.1, 0.15) is 12.6 Å². The maximum Gasteiger partial charge on any atom is 0.323 e. The van der Waals surface area contributed by atoms with Crippen molar-refractivity contribution in [2.75, 3.05) is 18.0 Å². The molecule has 16 heavy (non-hydrogen) atoms. The van der Waals surface area contributed by atoms with Crippen molar-refractivity contribution in [3.05, 3.63) is 30.5 Å². The Hall–Kier alpha value is -2.42. The monoisotopic (exact) mass is 218 g/mol. The fraction of sp³-hybridized carbons (Fsp3) is 0.200. The summed E-state index contributed by atoms with van der Waals surface area (Å²) in [4.78, 5) is 12.1. The summed E-state index contributed by atoms with van der Waals surface area (Å²) in [5.74, 6) is -0.747. The minimum atomic E-state index is -1.00. The van der Waals surface area contributed by atoms with Crippen LogP contribution in [0.15, 0.2) is 24.9 Å². The predicted octanol–water partition coefficient (Wildman–Crippen LogP) is 0.425. The number of nitriles is 1. The molecule has 0 aliphatic rings. The molecule has 0 saturated carbocycles. The standard InChI is InChI=1S/C10H10N4O2/c1-2-5-14(7-9(15)16)10-8(6-11)3-4-12-13-10/h2-4H,1,5,7H2,(H,15,16). The summed E-state index contributed by atoms with van der Waals surface area (Å²) in [5.41, 5.74) is 0.290. The Balaban J connectivity index is 3.05. The van der Waals surface area contributed by atoms with Gasteiger partial charge in [0, 0.05) is 6.54 Å². The zero-order valence-electron chi connectivity index (χ0n) is 8.50. The van der Waals surface area contributed by atoms with Gasteiger partial charge in [-0.3, -0.25) is 4.79 Å². The first-order valence-electron chi connectivity index (χ1n) is 4.48. The predicted molar refractivity (Wildman–Crippen MR) is 56.8 cm³/mol. The van der Waals surface area contributed by atoms with Crippen molar-refractivity contribution in [2.45, 2.75) is 0 Å². The molecular weight excluding hydrogens is 208 g/mol. The largest absolute Gasteiger partial charge is 0.480 e. The van der Waals surface area contributed by atoms with Crippen molar-refractivity contribution in [1.29, 1.82) is 5.26 Å². The number of rotatable bonds is 5. The average molecular weight is 218 g/mol. The Labute approximate surface area is 92.4 Å². The van der Waals surface area contributed by atoms with E-state index < -0.39 is 5.97 Å². The Morgan fingerprint density at radius 1 is 1.75 bits per heavy atom. The van der Waals surface area contributed by atoms with Gasteiger partial charge in [-0.1, -0.05) is 6.08 Å². The van der Waals surface area contributed by atoms with Crippen LogP contribution in [0.25, 0.3) is 0 Å². The molecule has 0 aromatic carbocycles. The van der Waals surface area contributed by atoms with E-state index in [4.69, 9.17) is 10.4 Å². The van der Waals surface area contributed by atoms with E-state index in [0.717, 1.165) is 0 Å². The molecule has 0 bridgehead atoms. The number of anilines is 1. The molecule has 6 nitrogen and oxygen atoms in total. The summed E-state index contributed by atoms with van der Waals surface area (Å²) >= 11 is 0. The fourth-order valence-corrected chi connectivity index (χ4v) is 1.19. The van der Waals surface area contributed by atoms with Crippen molar-refractivity contribution in [3.8, 4) is 6.07 Å². The first-order valence-corrected chi connectivity index (χ1v) is 4.48. The molecule has 82 valence electrons. The third-order valence-electron chi connectivity index (χ3n) is 1.80. The molecule has 1 N–H and O–H groups in total. The van der Waals surface area contributed by atoms with Gasteiger partial charge in [-0.2, -0.15) is 10.4 Å². The van der Waals surface area contributed by atoms with E-state index in [1.807, 2.05) is 6.07 Å². The lowest BCUT2D eigenvalue weighted by Gasteiger charge is -2.19. The molecule has 0 aliphatic carbocycles. The average Bonchev–Trinajstić information content (AvgIpc) is 2.28. The Bertz CT molecular complexity index is 439. The lowest BCUT2D eigenvalue weighted by molar-refractivity contribution is -0.135. The molecule has 0 atom stereocenters. The van der Waals surface area contributed by atoms with Gasteiger partial charge in [0.25, 0.3) is 0 Å². The van der Waals surface area contributed by atoms with Crippen molar-refractivity contribution in [1.82, 2.24) is 10.2 Å². The first kappa shape index (κ1) is 11.7. The molecule has 0 unspecified atom stereocenters. The molecule has 1 aromatic heterocycles. The van der Waals surface area contributed by atoms with E-state index in [1.165, 1.54) is 17.2 Å². The van der Waals surface area contributed by atoms with Gasteiger partial charge in [0.2, 0.25) is 0 Å². The summed E-state index contributed by atoms with van der Waals surface area (Å²) < 4.78 is 0. The molecule has 6 heteroatoms. The molecule has 1 heterocycles. The number of carboxylic acids is 1. The van der Waals surface area contributed by atoms with E-state index >= 15 is 0 Å². The third kappa shape index (κ3) is 2.78. The van der Waals surface area contributed by atoms with E-state index in [0.29, 0.717) is 6.54 Å². The smallest absolute Gasteiger partial charge is 0.323 e. The van der Waals surface area contributed by atoms with Crippen LogP contribution >= 0.6 is 0 Å². The second-order valence-electron chi connectivity index (χ2n) is 2.94. The third-order valence-corrected chi connectivity index (χ3v) is 1.80. The number of hydrogen-bond donors (Lipinski definition) is 1. The van der Waals surface area contributed by atoms with E-state index in [2.05, 4.69) is 16.8 Å². The maximum absolute atomic E-state index is 10.7. The number of aliphatic carboxylic acids is 1. The van der Waals surface area contributed by atoms with Gasteiger partial charge in [-0.15, -0.1) is 11.7 Å². The first-order chi connectivity index (χ1) is 7.69. The maximum atomic E-state index is 10.7. The lowest BCUT2D eigenvalue weighted by atomic mass is 10.3. The van der Waals surface area contributed by atoms with Crippen LogP contribution in [0.1, 0.15) is 5.56 Å². The quantitative estimate of drug-likeness (QED) is 0.720. The van der Waals surface area contributed by atoms with Gasteiger partial charge in [0.15, 0.2) is 5.82 Å². The van der Waals surface area contributed by atoms with Crippen LogP contribution in [0.4, 0.5) is 5.82 Å². The molecule has 0 saturated heterocycles. The normalized spacial score (nSPS) is 9.19. The highest BCUT2D eigenvalue weighted by Gasteiger charge is 2.14. The van der Waals surface area contributed by atoms with E-state index in [9.17, 15) is 4.79 Å². The highest BCUT2D eigenvalue weighted by Crippen LogP contribution is 2.14. The lowest BCUT2D eigenvalue weighted by Crippen LogP contribution is -2.31. The molecule has 0 spiro atoms. The van der Waals surface area contributed by atoms with Crippen LogP contribution < -0.4 is 4.90 Å². The van der Waals surface area contributed by atoms with Crippen LogP contribution in [0, 0.1) is 11.3 Å². The number of hydrogen-bond acceptors (Lipinski definition) is 5. The second-order valence-corrected chi connectivity index (χ2v) is 2.94. The summed E-state index contributed by atoms with van der Waals surface area (Å²) in [6.45, 7) is 3.56. The molecule has 0 amide bonds. The zero-order valence-corrected chi connectivity index (χ0v) is 8.50.